The van der Waals surface area contributed by atoms with Gasteiger partial charge in [0, 0.05) is 59.7 Å². The van der Waals surface area contributed by atoms with Crippen molar-refractivity contribution in [2.24, 2.45) is 7.05 Å². The highest BCUT2D eigenvalue weighted by atomic mass is 32.2. The molecule has 0 spiro atoms. The molecule has 160 valence electrons. The van der Waals surface area contributed by atoms with E-state index in [0.29, 0.717) is 5.56 Å². The van der Waals surface area contributed by atoms with Crippen LogP contribution in [0.5, 0.6) is 0 Å². The summed E-state index contributed by atoms with van der Waals surface area (Å²) < 4.78 is 34.5. The van der Waals surface area contributed by atoms with Crippen molar-refractivity contribution < 1.29 is 8.78 Å². The highest BCUT2D eigenvalue weighted by Crippen LogP contribution is 2.34. The summed E-state index contributed by atoms with van der Waals surface area (Å²) >= 11 is 1.42. The van der Waals surface area contributed by atoms with E-state index in [2.05, 4.69) is 19.9 Å². The third kappa shape index (κ3) is 3.71. The Bertz CT molecular complexity index is 1440. The smallest absolute Gasteiger partial charge is 0.152 e. The SMILES string of the molecule is CSNc1cc(-c2ncc(F)cc2F)cc(-c2cnn3cc(-c4cnn(C)c4)ccc23)c1. The van der Waals surface area contributed by atoms with Crippen LogP contribution in [0, 0.1) is 11.6 Å². The highest BCUT2D eigenvalue weighted by molar-refractivity contribution is 7.99. The Hall–Kier alpha value is -3.72. The number of anilines is 1. The molecule has 9 heteroatoms. The van der Waals surface area contributed by atoms with Crippen molar-refractivity contribution in [3.63, 3.8) is 0 Å². The van der Waals surface area contributed by atoms with Crippen molar-refractivity contribution in [3.8, 4) is 33.5 Å². The Kier molecular flexibility index (Phi) is 5.10. The van der Waals surface area contributed by atoms with E-state index in [-0.39, 0.29) is 5.69 Å². The van der Waals surface area contributed by atoms with Gasteiger partial charge in [-0.05, 0) is 29.8 Å². The number of hydrogen-bond donors (Lipinski definition) is 1. The molecule has 0 aliphatic rings. The molecule has 5 aromatic rings. The number of hydrogen-bond acceptors (Lipinski definition) is 5. The summed E-state index contributed by atoms with van der Waals surface area (Å²) in [5.41, 5.74) is 6.04. The minimum atomic E-state index is -0.711. The first-order chi connectivity index (χ1) is 15.5. The molecule has 32 heavy (non-hydrogen) atoms. The first-order valence-corrected chi connectivity index (χ1v) is 11.0. The van der Waals surface area contributed by atoms with Gasteiger partial charge in [-0.2, -0.15) is 10.2 Å². The summed E-state index contributed by atoms with van der Waals surface area (Å²) in [6.07, 6.45) is 10.4. The molecular formula is C23H18F2N6S. The van der Waals surface area contributed by atoms with E-state index in [4.69, 9.17) is 0 Å². The number of benzene rings is 1. The summed E-state index contributed by atoms with van der Waals surface area (Å²) in [6, 6.07) is 10.4. The average Bonchev–Trinajstić information content (AvgIpc) is 3.39. The van der Waals surface area contributed by atoms with Gasteiger partial charge in [0.05, 0.1) is 24.1 Å². The molecule has 1 aromatic carbocycles. The average molecular weight is 449 g/mol. The predicted octanol–water partition coefficient (Wildman–Crippen LogP) is 5.43. The monoisotopic (exact) mass is 448 g/mol. The van der Waals surface area contributed by atoms with Gasteiger partial charge in [-0.1, -0.05) is 18.0 Å². The van der Waals surface area contributed by atoms with E-state index in [1.807, 2.05) is 54.5 Å². The Labute approximate surface area is 187 Å². The van der Waals surface area contributed by atoms with Gasteiger partial charge in [0.25, 0.3) is 0 Å². The minimum Gasteiger partial charge on any atom is -0.330 e. The molecule has 0 saturated heterocycles. The van der Waals surface area contributed by atoms with Gasteiger partial charge in [0.15, 0.2) is 5.82 Å². The van der Waals surface area contributed by atoms with E-state index < -0.39 is 11.6 Å². The number of aryl methyl sites for hydroxylation is 1. The van der Waals surface area contributed by atoms with Gasteiger partial charge in [0.2, 0.25) is 0 Å². The molecule has 0 unspecified atom stereocenters. The molecule has 5 rings (SSSR count). The molecule has 0 bridgehead atoms. The Morgan fingerprint density at radius 2 is 1.72 bits per heavy atom. The molecule has 0 fully saturated rings. The van der Waals surface area contributed by atoms with E-state index in [1.54, 1.807) is 23.1 Å². The Morgan fingerprint density at radius 1 is 0.875 bits per heavy atom. The zero-order chi connectivity index (χ0) is 22.2. The van der Waals surface area contributed by atoms with Gasteiger partial charge >= 0.3 is 0 Å². The van der Waals surface area contributed by atoms with E-state index in [9.17, 15) is 8.78 Å². The first-order valence-electron chi connectivity index (χ1n) is 9.74. The third-order valence-corrected chi connectivity index (χ3v) is 5.54. The number of fused-ring (bicyclic) bond motifs is 1. The second-order valence-electron chi connectivity index (χ2n) is 7.30. The molecular weight excluding hydrogens is 430 g/mol. The Balaban J connectivity index is 1.62. The number of rotatable bonds is 5. The lowest BCUT2D eigenvalue weighted by Gasteiger charge is -2.11. The molecule has 4 heterocycles. The van der Waals surface area contributed by atoms with E-state index in [1.165, 1.54) is 11.9 Å². The summed E-state index contributed by atoms with van der Waals surface area (Å²) in [6.45, 7) is 0. The predicted molar refractivity (Wildman–Crippen MR) is 123 cm³/mol. The number of aromatic nitrogens is 5. The van der Waals surface area contributed by atoms with Crippen LogP contribution in [0.3, 0.4) is 0 Å². The van der Waals surface area contributed by atoms with Gasteiger partial charge < -0.3 is 4.72 Å². The minimum absolute atomic E-state index is 0.0905. The van der Waals surface area contributed by atoms with Gasteiger partial charge in [-0.25, -0.2) is 13.3 Å². The van der Waals surface area contributed by atoms with Crippen LogP contribution in [-0.4, -0.2) is 30.6 Å². The van der Waals surface area contributed by atoms with Crippen molar-refractivity contribution in [2.45, 2.75) is 0 Å². The summed E-state index contributed by atoms with van der Waals surface area (Å²) in [7, 11) is 1.88. The standard InChI is InChI=1S/C23H18F2N6S/c1-30-12-17(9-27-30)14-3-4-22-20(11-28-31(22)13-14)15-5-16(7-19(6-15)29-32-2)23-21(25)8-18(24)10-26-23/h3-13,29H,1-2H3. The van der Waals surface area contributed by atoms with Crippen LogP contribution in [0.4, 0.5) is 14.5 Å². The van der Waals surface area contributed by atoms with Crippen LogP contribution in [0.1, 0.15) is 0 Å². The fourth-order valence-electron chi connectivity index (χ4n) is 3.67. The Morgan fingerprint density at radius 3 is 2.47 bits per heavy atom. The first kappa shape index (κ1) is 20.2. The molecule has 1 N–H and O–H groups in total. The molecule has 4 aromatic heterocycles. The third-order valence-electron chi connectivity index (χ3n) is 5.10. The lowest BCUT2D eigenvalue weighted by Crippen LogP contribution is -1.94. The van der Waals surface area contributed by atoms with Crippen molar-refractivity contribution in [1.82, 2.24) is 24.4 Å². The maximum atomic E-state index is 14.4. The molecule has 0 aliphatic heterocycles. The molecule has 0 aliphatic carbocycles. The number of pyridine rings is 2. The number of nitrogens with one attached hydrogen (secondary N) is 1. The summed E-state index contributed by atoms with van der Waals surface area (Å²) in [5.74, 6) is -1.42. The zero-order valence-corrected chi connectivity index (χ0v) is 18.1. The summed E-state index contributed by atoms with van der Waals surface area (Å²) in [5, 5.41) is 8.74. The van der Waals surface area contributed by atoms with Crippen LogP contribution >= 0.6 is 11.9 Å². The lowest BCUT2D eigenvalue weighted by molar-refractivity contribution is 0.576. The van der Waals surface area contributed by atoms with Crippen LogP contribution < -0.4 is 4.72 Å². The van der Waals surface area contributed by atoms with E-state index in [0.717, 1.165) is 45.7 Å². The second kappa shape index (κ2) is 8.08. The van der Waals surface area contributed by atoms with Crippen molar-refractivity contribution in [1.29, 1.82) is 0 Å². The van der Waals surface area contributed by atoms with Gasteiger partial charge in [0.1, 0.15) is 11.5 Å². The van der Waals surface area contributed by atoms with Gasteiger partial charge in [-0.3, -0.25) is 9.67 Å². The molecule has 0 radical (unpaired) electrons. The van der Waals surface area contributed by atoms with Crippen molar-refractivity contribution in [3.05, 3.63) is 79.0 Å². The number of nitrogens with zero attached hydrogens (tertiary/aromatic N) is 5. The molecule has 6 nitrogen and oxygen atoms in total. The molecule has 0 atom stereocenters. The maximum Gasteiger partial charge on any atom is 0.152 e. The zero-order valence-electron chi connectivity index (χ0n) is 17.3. The van der Waals surface area contributed by atoms with Crippen LogP contribution in [-0.2, 0) is 7.05 Å². The largest absolute Gasteiger partial charge is 0.330 e. The lowest BCUT2D eigenvalue weighted by atomic mass is 10.0. The quantitative estimate of drug-likeness (QED) is 0.363. The normalized spacial score (nSPS) is 11.2. The topological polar surface area (TPSA) is 60.0 Å². The number of halogens is 2. The fraction of sp³-hybridized carbons (Fsp3) is 0.0870. The summed E-state index contributed by atoms with van der Waals surface area (Å²) in [4.78, 5) is 3.97. The van der Waals surface area contributed by atoms with Crippen LogP contribution in [0.15, 0.2) is 67.4 Å². The maximum absolute atomic E-state index is 14.4. The fourth-order valence-corrected chi connectivity index (χ4v) is 4.02. The molecule has 0 saturated carbocycles. The highest BCUT2D eigenvalue weighted by Gasteiger charge is 2.14. The van der Waals surface area contributed by atoms with Crippen LogP contribution in [0.2, 0.25) is 0 Å². The van der Waals surface area contributed by atoms with Crippen LogP contribution in [0.25, 0.3) is 39.0 Å². The van der Waals surface area contributed by atoms with Crippen molar-refractivity contribution >= 4 is 23.2 Å². The van der Waals surface area contributed by atoms with Gasteiger partial charge in [-0.15, -0.1) is 0 Å². The second-order valence-corrected chi connectivity index (χ2v) is 7.91. The molecule has 0 amide bonds. The van der Waals surface area contributed by atoms with Crippen molar-refractivity contribution in [2.75, 3.05) is 11.0 Å². The van der Waals surface area contributed by atoms with E-state index >= 15 is 0 Å².